The number of amides is 1. The van der Waals surface area contributed by atoms with Gasteiger partial charge >= 0.3 is 0 Å². The van der Waals surface area contributed by atoms with Gasteiger partial charge in [0.2, 0.25) is 5.91 Å². The molecule has 0 spiro atoms. The van der Waals surface area contributed by atoms with Crippen molar-refractivity contribution in [2.24, 2.45) is 0 Å². The summed E-state index contributed by atoms with van der Waals surface area (Å²) in [6.45, 7) is 4.54. The Kier molecular flexibility index (Phi) is 6.02. The number of rotatable bonds is 6. The van der Waals surface area contributed by atoms with Crippen LogP contribution in [0.2, 0.25) is 0 Å². The number of likely N-dealkylation sites (N-methyl/N-ethyl adjacent to an activating group) is 1. The van der Waals surface area contributed by atoms with Crippen LogP contribution in [0.4, 0.5) is 5.69 Å². The van der Waals surface area contributed by atoms with E-state index in [0.717, 1.165) is 38.3 Å². The molecule has 0 unspecified atom stereocenters. The molecule has 1 N–H and O–H groups in total. The molecular formula is C16H25N3O2. The predicted molar refractivity (Wildman–Crippen MR) is 84.5 cm³/mol. The first-order chi connectivity index (χ1) is 10.2. The molecule has 1 aliphatic rings. The average molecular weight is 291 g/mol. The van der Waals surface area contributed by atoms with E-state index in [1.807, 2.05) is 24.1 Å². The molecule has 1 aromatic carbocycles. The number of methoxy groups -OCH3 is 1. The number of ether oxygens (including phenoxy) is 1. The first kappa shape index (κ1) is 15.8. The van der Waals surface area contributed by atoms with Crippen molar-refractivity contribution in [3.05, 3.63) is 29.8 Å². The minimum atomic E-state index is 0.189. The van der Waals surface area contributed by atoms with Gasteiger partial charge < -0.3 is 19.9 Å². The van der Waals surface area contributed by atoms with Gasteiger partial charge in [0.15, 0.2) is 0 Å². The van der Waals surface area contributed by atoms with Gasteiger partial charge in [-0.05, 0) is 18.1 Å². The molecule has 1 aliphatic heterocycles. The quantitative estimate of drug-likeness (QED) is 0.797. The average Bonchev–Trinajstić information content (AvgIpc) is 2.66. The van der Waals surface area contributed by atoms with Gasteiger partial charge in [0, 0.05) is 46.0 Å². The maximum atomic E-state index is 12.1. The molecule has 5 heteroatoms. The second kappa shape index (κ2) is 8.00. The lowest BCUT2D eigenvalue weighted by atomic mass is 10.1. The Morgan fingerprint density at radius 3 is 2.90 bits per heavy atom. The van der Waals surface area contributed by atoms with Crippen molar-refractivity contribution in [3.63, 3.8) is 0 Å². The minimum Gasteiger partial charge on any atom is -0.383 e. The van der Waals surface area contributed by atoms with E-state index in [1.54, 1.807) is 7.11 Å². The van der Waals surface area contributed by atoms with Crippen LogP contribution < -0.4 is 10.2 Å². The molecular weight excluding hydrogens is 266 g/mol. The zero-order valence-electron chi connectivity index (χ0n) is 13.0. The van der Waals surface area contributed by atoms with E-state index in [2.05, 4.69) is 22.3 Å². The molecule has 0 aromatic heterocycles. The van der Waals surface area contributed by atoms with E-state index in [1.165, 1.54) is 5.56 Å². The summed E-state index contributed by atoms with van der Waals surface area (Å²) in [5.41, 5.74) is 2.39. The van der Waals surface area contributed by atoms with Crippen LogP contribution in [0.5, 0.6) is 0 Å². The summed E-state index contributed by atoms with van der Waals surface area (Å²) in [6, 6.07) is 8.30. The van der Waals surface area contributed by atoms with Gasteiger partial charge in [0.25, 0.3) is 0 Å². The summed E-state index contributed by atoms with van der Waals surface area (Å²) in [4.78, 5) is 16.1. The van der Waals surface area contributed by atoms with Crippen molar-refractivity contribution in [2.75, 3.05) is 51.8 Å². The number of hydrogen-bond donors (Lipinski definition) is 1. The number of anilines is 1. The zero-order chi connectivity index (χ0) is 15.1. The van der Waals surface area contributed by atoms with E-state index in [-0.39, 0.29) is 5.91 Å². The van der Waals surface area contributed by atoms with Gasteiger partial charge in [-0.2, -0.15) is 0 Å². The Labute approximate surface area is 126 Å². The largest absolute Gasteiger partial charge is 0.383 e. The van der Waals surface area contributed by atoms with Crippen molar-refractivity contribution in [2.45, 2.75) is 13.0 Å². The van der Waals surface area contributed by atoms with Crippen LogP contribution in [0.1, 0.15) is 12.0 Å². The Balaban J connectivity index is 2.06. The second-order valence-corrected chi connectivity index (χ2v) is 5.39. The normalized spacial score (nSPS) is 16.2. The molecule has 1 heterocycles. The molecule has 0 saturated carbocycles. The van der Waals surface area contributed by atoms with Crippen LogP contribution in [-0.2, 0) is 16.1 Å². The first-order valence-corrected chi connectivity index (χ1v) is 7.49. The number of hydrogen-bond acceptors (Lipinski definition) is 4. The maximum Gasteiger partial charge on any atom is 0.241 e. The third-order valence-electron chi connectivity index (χ3n) is 3.80. The highest BCUT2D eigenvalue weighted by Gasteiger charge is 2.20. The van der Waals surface area contributed by atoms with E-state index >= 15 is 0 Å². The molecule has 21 heavy (non-hydrogen) atoms. The lowest BCUT2D eigenvalue weighted by molar-refractivity contribution is -0.127. The van der Waals surface area contributed by atoms with Crippen LogP contribution in [0.15, 0.2) is 24.3 Å². The van der Waals surface area contributed by atoms with Crippen molar-refractivity contribution in [1.29, 1.82) is 0 Å². The van der Waals surface area contributed by atoms with Crippen LogP contribution in [0.3, 0.4) is 0 Å². The van der Waals surface area contributed by atoms with E-state index in [4.69, 9.17) is 4.74 Å². The Bertz CT molecular complexity index is 465. The summed E-state index contributed by atoms with van der Waals surface area (Å²) in [5, 5.41) is 3.37. The van der Waals surface area contributed by atoms with Gasteiger partial charge in [-0.15, -0.1) is 0 Å². The smallest absolute Gasteiger partial charge is 0.241 e. The SMILES string of the molecule is COCCNCc1ccccc1N1CCCN(C)C(=O)C1. The number of benzene rings is 1. The molecule has 1 fully saturated rings. The van der Waals surface area contributed by atoms with Crippen LogP contribution in [0, 0.1) is 0 Å². The monoisotopic (exact) mass is 291 g/mol. The molecule has 116 valence electrons. The van der Waals surface area contributed by atoms with Crippen molar-refractivity contribution < 1.29 is 9.53 Å². The van der Waals surface area contributed by atoms with E-state index < -0.39 is 0 Å². The fourth-order valence-corrected chi connectivity index (χ4v) is 2.56. The van der Waals surface area contributed by atoms with Crippen molar-refractivity contribution in [1.82, 2.24) is 10.2 Å². The lowest BCUT2D eigenvalue weighted by Crippen LogP contribution is -2.35. The number of carbonyl (C=O) groups excluding carboxylic acids is 1. The first-order valence-electron chi connectivity index (χ1n) is 7.49. The van der Waals surface area contributed by atoms with E-state index in [0.29, 0.717) is 13.2 Å². The predicted octanol–water partition coefficient (Wildman–Crippen LogP) is 1.09. The molecule has 5 nitrogen and oxygen atoms in total. The van der Waals surface area contributed by atoms with Gasteiger partial charge in [0.1, 0.15) is 0 Å². The summed E-state index contributed by atoms with van der Waals surface area (Å²) in [7, 11) is 3.58. The van der Waals surface area contributed by atoms with Crippen LogP contribution in [-0.4, -0.2) is 57.8 Å². The molecule has 0 atom stereocenters. The minimum absolute atomic E-state index is 0.189. The number of nitrogens with one attached hydrogen (secondary N) is 1. The molecule has 1 saturated heterocycles. The molecule has 1 amide bonds. The molecule has 2 rings (SSSR count). The number of nitrogens with zero attached hydrogens (tertiary/aromatic N) is 2. The van der Waals surface area contributed by atoms with Crippen LogP contribution in [0.25, 0.3) is 0 Å². The lowest BCUT2D eigenvalue weighted by Gasteiger charge is -2.25. The maximum absolute atomic E-state index is 12.1. The third-order valence-corrected chi connectivity index (χ3v) is 3.80. The summed E-state index contributed by atoms with van der Waals surface area (Å²) < 4.78 is 5.05. The molecule has 1 aromatic rings. The number of carbonyl (C=O) groups is 1. The van der Waals surface area contributed by atoms with Gasteiger partial charge in [-0.3, -0.25) is 4.79 Å². The van der Waals surface area contributed by atoms with Gasteiger partial charge in [0.05, 0.1) is 13.2 Å². The molecule has 0 bridgehead atoms. The zero-order valence-corrected chi connectivity index (χ0v) is 13.0. The van der Waals surface area contributed by atoms with E-state index in [9.17, 15) is 4.79 Å². The summed E-state index contributed by atoms with van der Waals surface area (Å²) >= 11 is 0. The fourth-order valence-electron chi connectivity index (χ4n) is 2.56. The Morgan fingerprint density at radius 1 is 1.29 bits per heavy atom. The topological polar surface area (TPSA) is 44.8 Å². The third kappa shape index (κ3) is 4.44. The Hall–Kier alpha value is -1.59. The fraction of sp³-hybridized carbons (Fsp3) is 0.562. The number of para-hydroxylation sites is 1. The summed E-state index contributed by atoms with van der Waals surface area (Å²) in [5.74, 6) is 0.189. The van der Waals surface area contributed by atoms with Crippen LogP contribution >= 0.6 is 0 Å². The summed E-state index contributed by atoms with van der Waals surface area (Å²) in [6.07, 6.45) is 1.01. The standard InChI is InChI=1S/C16H25N3O2/c1-18-9-5-10-19(13-16(18)20)15-7-4-3-6-14(15)12-17-8-11-21-2/h3-4,6-7,17H,5,8-13H2,1-2H3. The van der Waals surface area contributed by atoms with Gasteiger partial charge in [-0.1, -0.05) is 18.2 Å². The highest BCUT2D eigenvalue weighted by Crippen LogP contribution is 2.22. The highest BCUT2D eigenvalue weighted by molar-refractivity contribution is 5.82. The van der Waals surface area contributed by atoms with Crippen molar-refractivity contribution >= 4 is 11.6 Å². The molecule has 0 aliphatic carbocycles. The second-order valence-electron chi connectivity index (χ2n) is 5.39. The highest BCUT2D eigenvalue weighted by atomic mass is 16.5. The van der Waals surface area contributed by atoms with Gasteiger partial charge in [-0.25, -0.2) is 0 Å². The Morgan fingerprint density at radius 2 is 2.10 bits per heavy atom. The molecule has 0 radical (unpaired) electrons. The van der Waals surface area contributed by atoms with Crippen molar-refractivity contribution in [3.8, 4) is 0 Å².